The van der Waals surface area contributed by atoms with E-state index >= 15 is 0 Å². The number of halogens is 4. The minimum absolute atomic E-state index is 0.218. The van der Waals surface area contributed by atoms with Crippen LogP contribution in [-0.2, 0) is 6.42 Å². The molecule has 0 N–H and O–H groups in total. The molecule has 0 bridgehead atoms. The Balaban J connectivity index is 2.20. The quantitative estimate of drug-likeness (QED) is 0.496. The minimum Gasteiger partial charge on any atom is -0.207 e. The topological polar surface area (TPSA) is 0 Å². The van der Waals surface area contributed by atoms with E-state index in [2.05, 4.69) is 31.9 Å². The van der Waals surface area contributed by atoms with Crippen LogP contribution < -0.4 is 0 Å². The molecule has 1 fully saturated rings. The third-order valence-electron chi connectivity index (χ3n) is 3.42. The molecule has 1 saturated carbocycles. The van der Waals surface area contributed by atoms with Gasteiger partial charge in [-0.15, -0.1) is 0 Å². The standard InChI is InChI=1S/C13H14Br2F2/c14-10-4-2-1-3-8(10)7-9-12(16)6-5-11(15)13(9)17/h5-6,8,10H,1-4,7H2. The van der Waals surface area contributed by atoms with Crippen molar-refractivity contribution in [2.45, 2.75) is 36.9 Å². The highest BCUT2D eigenvalue weighted by molar-refractivity contribution is 9.10. The van der Waals surface area contributed by atoms with Crippen molar-refractivity contribution in [3.63, 3.8) is 0 Å². The zero-order chi connectivity index (χ0) is 12.4. The Kier molecular flexibility index (Phi) is 4.59. The largest absolute Gasteiger partial charge is 0.207 e. The van der Waals surface area contributed by atoms with Crippen LogP contribution in [0.4, 0.5) is 8.78 Å². The molecular formula is C13H14Br2F2. The number of hydrogen-bond acceptors (Lipinski definition) is 0. The minimum atomic E-state index is -0.449. The molecule has 94 valence electrons. The first-order valence-corrected chi connectivity index (χ1v) is 7.57. The smallest absolute Gasteiger partial charge is 0.143 e. The molecule has 0 aromatic heterocycles. The molecule has 0 amide bonds. The molecule has 0 spiro atoms. The van der Waals surface area contributed by atoms with Crippen LogP contribution >= 0.6 is 31.9 Å². The lowest BCUT2D eigenvalue weighted by Gasteiger charge is -2.27. The number of rotatable bonds is 2. The molecular weight excluding hydrogens is 354 g/mol. The summed E-state index contributed by atoms with van der Waals surface area (Å²) >= 11 is 6.73. The second kappa shape index (κ2) is 5.79. The average Bonchev–Trinajstić information content (AvgIpc) is 2.32. The summed E-state index contributed by atoms with van der Waals surface area (Å²) in [6.07, 6.45) is 4.98. The first kappa shape index (κ1) is 13.5. The Morgan fingerprint density at radius 3 is 2.59 bits per heavy atom. The first-order valence-electron chi connectivity index (χ1n) is 5.86. The molecule has 1 aromatic rings. The first-order chi connectivity index (χ1) is 8.09. The SMILES string of the molecule is Fc1ccc(Br)c(F)c1CC1CCCCC1Br. The van der Waals surface area contributed by atoms with Crippen molar-refractivity contribution >= 4 is 31.9 Å². The van der Waals surface area contributed by atoms with E-state index in [0.717, 1.165) is 19.3 Å². The van der Waals surface area contributed by atoms with Crippen LogP contribution in [0.1, 0.15) is 31.2 Å². The van der Waals surface area contributed by atoms with Gasteiger partial charge >= 0.3 is 0 Å². The van der Waals surface area contributed by atoms with E-state index in [0.29, 0.717) is 21.6 Å². The van der Waals surface area contributed by atoms with Gasteiger partial charge in [0.15, 0.2) is 0 Å². The van der Waals surface area contributed by atoms with E-state index < -0.39 is 11.6 Å². The van der Waals surface area contributed by atoms with Crippen molar-refractivity contribution in [2.75, 3.05) is 0 Å². The van der Waals surface area contributed by atoms with Crippen LogP contribution in [-0.4, -0.2) is 4.83 Å². The van der Waals surface area contributed by atoms with Crippen LogP contribution in [0.5, 0.6) is 0 Å². The van der Waals surface area contributed by atoms with Gasteiger partial charge in [-0.3, -0.25) is 0 Å². The highest BCUT2D eigenvalue weighted by Gasteiger charge is 2.25. The second-order valence-electron chi connectivity index (χ2n) is 4.59. The molecule has 4 heteroatoms. The van der Waals surface area contributed by atoms with Gasteiger partial charge in [0.25, 0.3) is 0 Å². The molecule has 1 aliphatic carbocycles. The van der Waals surface area contributed by atoms with E-state index in [9.17, 15) is 8.78 Å². The van der Waals surface area contributed by atoms with Gasteiger partial charge in [-0.1, -0.05) is 28.8 Å². The average molecular weight is 368 g/mol. The summed E-state index contributed by atoms with van der Waals surface area (Å²) in [4.78, 5) is 0.383. The lowest BCUT2D eigenvalue weighted by atomic mass is 9.84. The van der Waals surface area contributed by atoms with Crippen molar-refractivity contribution in [3.8, 4) is 0 Å². The lowest BCUT2D eigenvalue weighted by Crippen LogP contribution is -2.22. The predicted molar refractivity (Wildman–Crippen MR) is 72.4 cm³/mol. The van der Waals surface area contributed by atoms with Gasteiger partial charge in [-0.2, -0.15) is 0 Å². The van der Waals surface area contributed by atoms with Gasteiger partial charge in [-0.25, -0.2) is 8.78 Å². The Hall–Kier alpha value is 0.0400. The van der Waals surface area contributed by atoms with Crippen LogP contribution in [0.2, 0.25) is 0 Å². The van der Waals surface area contributed by atoms with Crippen molar-refractivity contribution in [1.29, 1.82) is 0 Å². The van der Waals surface area contributed by atoms with E-state index in [1.54, 1.807) is 0 Å². The predicted octanol–water partition coefficient (Wildman–Crippen LogP) is 5.22. The number of alkyl halides is 1. The Morgan fingerprint density at radius 1 is 1.18 bits per heavy atom. The molecule has 0 aliphatic heterocycles. The van der Waals surface area contributed by atoms with Crippen molar-refractivity contribution in [3.05, 3.63) is 33.8 Å². The van der Waals surface area contributed by atoms with Gasteiger partial charge in [0.1, 0.15) is 11.6 Å². The molecule has 0 nitrogen and oxygen atoms in total. The highest BCUT2D eigenvalue weighted by atomic mass is 79.9. The van der Waals surface area contributed by atoms with Crippen molar-refractivity contribution in [1.82, 2.24) is 0 Å². The molecule has 1 aromatic carbocycles. The Bertz CT molecular complexity index is 407. The van der Waals surface area contributed by atoms with Crippen LogP contribution in [0.25, 0.3) is 0 Å². The fraction of sp³-hybridized carbons (Fsp3) is 0.538. The molecule has 1 aliphatic rings. The van der Waals surface area contributed by atoms with E-state index in [1.165, 1.54) is 18.6 Å². The van der Waals surface area contributed by atoms with Crippen LogP contribution in [0.15, 0.2) is 16.6 Å². The summed E-state index contributed by atoms with van der Waals surface area (Å²) in [5.41, 5.74) is 0.218. The maximum Gasteiger partial charge on any atom is 0.143 e. The molecule has 0 saturated heterocycles. The fourth-order valence-electron chi connectivity index (χ4n) is 2.41. The monoisotopic (exact) mass is 366 g/mol. The zero-order valence-electron chi connectivity index (χ0n) is 9.36. The summed E-state index contributed by atoms with van der Waals surface area (Å²) in [6.45, 7) is 0. The normalized spacial score (nSPS) is 24.9. The van der Waals surface area contributed by atoms with E-state index in [-0.39, 0.29) is 5.56 Å². The number of benzene rings is 1. The maximum atomic E-state index is 13.8. The lowest BCUT2D eigenvalue weighted by molar-refractivity contribution is 0.363. The van der Waals surface area contributed by atoms with Crippen LogP contribution in [0, 0.1) is 17.6 Å². The summed E-state index contributed by atoms with van der Waals surface area (Å²) in [6, 6.07) is 2.75. The van der Waals surface area contributed by atoms with E-state index in [4.69, 9.17) is 0 Å². The molecule has 2 rings (SSSR count). The summed E-state index contributed by atoms with van der Waals surface area (Å²) in [7, 11) is 0. The van der Waals surface area contributed by atoms with Gasteiger partial charge in [0.05, 0.1) is 4.47 Å². The van der Waals surface area contributed by atoms with Gasteiger partial charge in [0.2, 0.25) is 0 Å². The molecule has 2 unspecified atom stereocenters. The molecule has 0 radical (unpaired) electrons. The molecule has 0 heterocycles. The van der Waals surface area contributed by atoms with Gasteiger partial charge < -0.3 is 0 Å². The third-order valence-corrected chi connectivity index (χ3v) is 5.24. The van der Waals surface area contributed by atoms with Crippen molar-refractivity contribution < 1.29 is 8.78 Å². The van der Waals surface area contributed by atoms with Gasteiger partial charge in [-0.05, 0) is 53.2 Å². The van der Waals surface area contributed by atoms with E-state index in [1.807, 2.05) is 0 Å². The Morgan fingerprint density at radius 2 is 1.88 bits per heavy atom. The van der Waals surface area contributed by atoms with Gasteiger partial charge in [0, 0.05) is 10.4 Å². The van der Waals surface area contributed by atoms with Crippen LogP contribution in [0.3, 0.4) is 0 Å². The molecule has 17 heavy (non-hydrogen) atoms. The Labute approximate surface area is 117 Å². The summed E-state index contributed by atoms with van der Waals surface area (Å²) < 4.78 is 27.8. The van der Waals surface area contributed by atoms with Crippen molar-refractivity contribution in [2.24, 2.45) is 5.92 Å². The third kappa shape index (κ3) is 3.08. The summed E-state index contributed by atoms with van der Waals surface area (Å²) in [5.74, 6) is -0.548. The fourth-order valence-corrected chi connectivity index (χ4v) is 3.56. The zero-order valence-corrected chi connectivity index (χ0v) is 12.5. The number of hydrogen-bond donors (Lipinski definition) is 0. The second-order valence-corrected chi connectivity index (χ2v) is 6.62. The summed E-state index contributed by atoms with van der Waals surface area (Å²) in [5, 5.41) is 0. The maximum absolute atomic E-state index is 13.8. The highest BCUT2D eigenvalue weighted by Crippen LogP contribution is 2.34. The molecule has 2 atom stereocenters.